The van der Waals surface area contributed by atoms with E-state index in [1.165, 1.54) is 12.8 Å². The first kappa shape index (κ1) is 17.9. The molecule has 2 fully saturated rings. The van der Waals surface area contributed by atoms with Crippen molar-refractivity contribution in [3.8, 4) is 0 Å². The average molecular weight is 343 g/mol. The molecule has 2 aliphatic rings. The van der Waals surface area contributed by atoms with Crippen molar-refractivity contribution in [1.82, 2.24) is 15.5 Å². The SMILES string of the molecule is CN1C(=O)CCC(C(=O)NCCC2CCCNC2)C1c1ccccc1. The summed E-state index contributed by atoms with van der Waals surface area (Å²) in [5, 5.41) is 6.55. The summed E-state index contributed by atoms with van der Waals surface area (Å²) in [7, 11) is 1.81. The number of hydrogen-bond donors (Lipinski definition) is 2. The van der Waals surface area contributed by atoms with Gasteiger partial charge < -0.3 is 15.5 Å². The molecular formula is C20H29N3O2. The molecule has 3 unspecified atom stereocenters. The molecule has 5 heteroatoms. The van der Waals surface area contributed by atoms with Gasteiger partial charge in [0.05, 0.1) is 12.0 Å². The minimum Gasteiger partial charge on any atom is -0.356 e. The van der Waals surface area contributed by atoms with Crippen molar-refractivity contribution < 1.29 is 9.59 Å². The molecule has 0 bridgehead atoms. The van der Waals surface area contributed by atoms with E-state index < -0.39 is 0 Å². The second-order valence-electron chi connectivity index (χ2n) is 7.30. The monoisotopic (exact) mass is 343 g/mol. The Labute approximate surface area is 150 Å². The molecule has 2 N–H and O–H groups in total. The van der Waals surface area contributed by atoms with Gasteiger partial charge in [0.25, 0.3) is 0 Å². The molecule has 2 heterocycles. The number of carbonyl (C=O) groups is 2. The van der Waals surface area contributed by atoms with Gasteiger partial charge in [0.1, 0.15) is 0 Å². The van der Waals surface area contributed by atoms with Crippen LogP contribution in [-0.2, 0) is 9.59 Å². The molecule has 1 aromatic rings. The number of rotatable bonds is 5. The lowest BCUT2D eigenvalue weighted by molar-refractivity contribution is -0.141. The van der Waals surface area contributed by atoms with Gasteiger partial charge in [0, 0.05) is 20.0 Å². The summed E-state index contributed by atoms with van der Waals surface area (Å²) in [6.07, 6.45) is 4.57. The highest BCUT2D eigenvalue weighted by atomic mass is 16.2. The van der Waals surface area contributed by atoms with E-state index >= 15 is 0 Å². The van der Waals surface area contributed by atoms with E-state index in [-0.39, 0.29) is 23.8 Å². The standard InChI is InChI=1S/C20H29N3O2/c1-23-18(24)10-9-17(19(23)16-7-3-2-4-8-16)20(25)22-13-11-15-6-5-12-21-14-15/h2-4,7-8,15,17,19,21H,5-6,9-14H2,1H3,(H,22,25). The zero-order valence-electron chi connectivity index (χ0n) is 15.0. The Morgan fingerprint density at radius 2 is 2.08 bits per heavy atom. The van der Waals surface area contributed by atoms with Crippen molar-refractivity contribution in [2.24, 2.45) is 11.8 Å². The number of hydrogen-bond acceptors (Lipinski definition) is 3. The summed E-state index contributed by atoms with van der Waals surface area (Å²) in [6, 6.07) is 9.74. The number of benzene rings is 1. The van der Waals surface area contributed by atoms with E-state index in [1.54, 1.807) is 4.90 Å². The predicted octanol–water partition coefficient (Wildman–Crippen LogP) is 2.10. The number of likely N-dealkylation sites (tertiary alicyclic amines) is 1. The van der Waals surface area contributed by atoms with Crippen molar-refractivity contribution in [1.29, 1.82) is 0 Å². The third-order valence-electron chi connectivity index (χ3n) is 5.59. The molecule has 0 spiro atoms. The Hall–Kier alpha value is -1.88. The first-order valence-electron chi connectivity index (χ1n) is 9.46. The van der Waals surface area contributed by atoms with Gasteiger partial charge in [-0.1, -0.05) is 30.3 Å². The Morgan fingerprint density at radius 3 is 2.80 bits per heavy atom. The molecule has 0 radical (unpaired) electrons. The minimum absolute atomic E-state index is 0.0805. The van der Waals surface area contributed by atoms with Gasteiger partial charge in [0.2, 0.25) is 11.8 Å². The molecule has 136 valence electrons. The van der Waals surface area contributed by atoms with Gasteiger partial charge >= 0.3 is 0 Å². The Morgan fingerprint density at radius 1 is 1.28 bits per heavy atom. The molecule has 2 aliphatic heterocycles. The van der Waals surface area contributed by atoms with Crippen molar-refractivity contribution in [2.45, 2.75) is 38.1 Å². The summed E-state index contributed by atoms with van der Waals surface area (Å²) in [6.45, 7) is 2.90. The van der Waals surface area contributed by atoms with Crippen molar-refractivity contribution in [2.75, 3.05) is 26.7 Å². The fourth-order valence-corrected chi connectivity index (χ4v) is 4.12. The fraction of sp³-hybridized carbons (Fsp3) is 0.600. The molecule has 25 heavy (non-hydrogen) atoms. The van der Waals surface area contributed by atoms with Crippen LogP contribution in [0.3, 0.4) is 0 Å². The van der Waals surface area contributed by atoms with Crippen molar-refractivity contribution >= 4 is 11.8 Å². The number of nitrogens with one attached hydrogen (secondary N) is 2. The Balaban J connectivity index is 1.61. The highest BCUT2D eigenvalue weighted by molar-refractivity contribution is 5.84. The second-order valence-corrected chi connectivity index (χ2v) is 7.30. The molecule has 1 aromatic carbocycles. The van der Waals surface area contributed by atoms with E-state index in [4.69, 9.17) is 0 Å². The molecular weight excluding hydrogens is 314 g/mol. The third-order valence-corrected chi connectivity index (χ3v) is 5.59. The van der Waals surface area contributed by atoms with Gasteiger partial charge in [-0.3, -0.25) is 9.59 Å². The number of carbonyl (C=O) groups excluding carboxylic acids is 2. The fourth-order valence-electron chi connectivity index (χ4n) is 4.12. The first-order valence-corrected chi connectivity index (χ1v) is 9.46. The molecule has 3 rings (SSSR count). The molecule has 0 saturated carbocycles. The van der Waals surface area contributed by atoms with Gasteiger partial charge in [-0.15, -0.1) is 0 Å². The van der Waals surface area contributed by atoms with Gasteiger partial charge in [0.15, 0.2) is 0 Å². The second kappa shape index (κ2) is 8.48. The van der Waals surface area contributed by atoms with E-state index in [0.717, 1.165) is 31.6 Å². The maximum atomic E-state index is 12.8. The minimum atomic E-state index is -0.172. The van der Waals surface area contributed by atoms with Crippen LogP contribution >= 0.6 is 0 Å². The molecule has 2 amide bonds. The largest absolute Gasteiger partial charge is 0.356 e. The number of amides is 2. The van der Waals surface area contributed by atoms with Crippen LogP contribution in [-0.4, -0.2) is 43.4 Å². The number of nitrogens with zero attached hydrogens (tertiary/aromatic N) is 1. The van der Waals surface area contributed by atoms with Crippen molar-refractivity contribution in [3.05, 3.63) is 35.9 Å². The zero-order chi connectivity index (χ0) is 17.6. The molecule has 3 atom stereocenters. The summed E-state index contributed by atoms with van der Waals surface area (Å²) >= 11 is 0. The molecule has 5 nitrogen and oxygen atoms in total. The molecule has 0 aliphatic carbocycles. The van der Waals surface area contributed by atoms with Crippen LogP contribution in [0.5, 0.6) is 0 Å². The van der Waals surface area contributed by atoms with Crippen LogP contribution < -0.4 is 10.6 Å². The van der Waals surface area contributed by atoms with Crippen LogP contribution in [0.4, 0.5) is 0 Å². The van der Waals surface area contributed by atoms with Crippen LogP contribution in [0.25, 0.3) is 0 Å². The lowest BCUT2D eigenvalue weighted by Crippen LogP contribution is -2.46. The van der Waals surface area contributed by atoms with E-state index in [2.05, 4.69) is 10.6 Å². The van der Waals surface area contributed by atoms with Crippen LogP contribution in [0.15, 0.2) is 30.3 Å². The first-order chi connectivity index (χ1) is 12.2. The van der Waals surface area contributed by atoms with Gasteiger partial charge in [-0.25, -0.2) is 0 Å². The van der Waals surface area contributed by atoms with E-state index in [9.17, 15) is 9.59 Å². The van der Waals surface area contributed by atoms with E-state index in [0.29, 0.717) is 18.8 Å². The Bertz CT molecular complexity index is 584. The zero-order valence-corrected chi connectivity index (χ0v) is 15.0. The van der Waals surface area contributed by atoms with Crippen LogP contribution in [0, 0.1) is 11.8 Å². The quantitative estimate of drug-likeness (QED) is 0.861. The third kappa shape index (κ3) is 4.40. The average Bonchev–Trinajstić information content (AvgIpc) is 2.65. The summed E-state index contributed by atoms with van der Waals surface area (Å²) in [5.74, 6) is 0.687. The smallest absolute Gasteiger partial charge is 0.225 e. The van der Waals surface area contributed by atoms with Crippen LogP contribution in [0.1, 0.15) is 43.7 Å². The maximum absolute atomic E-state index is 12.8. The predicted molar refractivity (Wildman–Crippen MR) is 97.9 cm³/mol. The Kier molecular flexibility index (Phi) is 6.08. The summed E-state index contributed by atoms with van der Waals surface area (Å²) < 4.78 is 0. The van der Waals surface area contributed by atoms with Gasteiger partial charge in [-0.2, -0.15) is 0 Å². The van der Waals surface area contributed by atoms with E-state index in [1.807, 2.05) is 37.4 Å². The summed E-state index contributed by atoms with van der Waals surface area (Å²) in [4.78, 5) is 26.7. The van der Waals surface area contributed by atoms with Crippen molar-refractivity contribution in [3.63, 3.8) is 0 Å². The molecule has 2 saturated heterocycles. The lowest BCUT2D eigenvalue weighted by Gasteiger charge is -2.38. The van der Waals surface area contributed by atoms with Gasteiger partial charge in [-0.05, 0) is 50.3 Å². The van der Waals surface area contributed by atoms with Crippen LogP contribution in [0.2, 0.25) is 0 Å². The molecule has 0 aromatic heterocycles. The highest BCUT2D eigenvalue weighted by Crippen LogP contribution is 2.35. The lowest BCUT2D eigenvalue weighted by atomic mass is 9.84. The topological polar surface area (TPSA) is 61.4 Å². The normalized spacial score (nSPS) is 27.2. The number of piperidine rings is 2. The maximum Gasteiger partial charge on any atom is 0.225 e. The summed E-state index contributed by atoms with van der Waals surface area (Å²) in [5.41, 5.74) is 1.04. The highest BCUT2D eigenvalue weighted by Gasteiger charge is 2.38.